The van der Waals surface area contributed by atoms with Crippen LogP contribution in [-0.4, -0.2) is 30.9 Å². The SMILES string of the molecule is CN(C)C=C1C=C(C=C2C=CC(=O)O2)OC1=O. The third kappa shape index (κ3) is 2.63. The van der Waals surface area contributed by atoms with Crippen molar-refractivity contribution in [3.63, 3.8) is 0 Å². The van der Waals surface area contributed by atoms with Gasteiger partial charge in [0.25, 0.3) is 0 Å². The van der Waals surface area contributed by atoms with Gasteiger partial charge in [-0.05, 0) is 12.2 Å². The molecule has 2 aliphatic rings. The molecular weight excluding hydrogens is 222 g/mol. The van der Waals surface area contributed by atoms with E-state index in [1.54, 1.807) is 17.2 Å². The van der Waals surface area contributed by atoms with Gasteiger partial charge in [0.2, 0.25) is 0 Å². The van der Waals surface area contributed by atoms with Gasteiger partial charge in [-0.25, -0.2) is 9.59 Å². The van der Waals surface area contributed by atoms with Crippen molar-refractivity contribution in [3.05, 3.63) is 47.6 Å². The average molecular weight is 233 g/mol. The van der Waals surface area contributed by atoms with E-state index < -0.39 is 11.9 Å². The Bertz CT molecular complexity index is 495. The minimum atomic E-state index is -0.426. The molecule has 17 heavy (non-hydrogen) atoms. The third-order valence-corrected chi connectivity index (χ3v) is 2.03. The molecule has 2 aliphatic heterocycles. The summed E-state index contributed by atoms with van der Waals surface area (Å²) in [6, 6.07) is 0. The van der Waals surface area contributed by atoms with Gasteiger partial charge in [-0.2, -0.15) is 0 Å². The van der Waals surface area contributed by atoms with Crippen LogP contribution in [0.3, 0.4) is 0 Å². The van der Waals surface area contributed by atoms with E-state index in [0.717, 1.165) is 0 Å². The zero-order chi connectivity index (χ0) is 12.4. The van der Waals surface area contributed by atoms with Crippen molar-refractivity contribution in [2.75, 3.05) is 14.1 Å². The Hall–Kier alpha value is -2.30. The fraction of sp³-hybridized carbons (Fsp3) is 0.167. The molecule has 0 amide bonds. The molecule has 0 aromatic rings. The highest BCUT2D eigenvalue weighted by atomic mass is 16.6. The number of esters is 2. The fourth-order valence-corrected chi connectivity index (χ4v) is 1.40. The molecule has 0 aromatic carbocycles. The van der Waals surface area contributed by atoms with E-state index in [1.165, 1.54) is 18.2 Å². The monoisotopic (exact) mass is 233 g/mol. The highest BCUT2D eigenvalue weighted by Crippen LogP contribution is 2.21. The van der Waals surface area contributed by atoms with Gasteiger partial charge in [-0.3, -0.25) is 0 Å². The quantitative estimate of drug-likeness (QED) is 0.523. The maximum absolute atomic E-state index is 11.4. The smallest absolute Gasteiger partial charge is 0.345 e. The van der Waals surface area contributed by atoms with E-state index in [0.29, 0.717) is 17.1 Å². The number of nitrogens with zero attached hydrogens (tertiary/aromatic N) is 1. The predicted octanol–water partition coefficient (Wildman–Crippen LogP) is 0.869. The second kappa shape index (κ2) is 4.29. The Kier molecular flexibility index (Phi) is 2.82. The normalized spacial score (nSPS) is 23.1. The largest absolute Gasteiger partial charge is 0.423 e. The molecule has 0 N–H and O–H groups in total. The number of cyclic esters (lactones) is 2. The lowest BCUT2D eigenvalue weighted by Gasteiger charge is -2.03. The van der Waals surface area contributed by atoms with Crippen LogP contribution in [0.4, 0.5) is 0 Å². The van der Waals surface area contributed by atoms with Gasteiger partial charge in [-0.1, -0.05) is 0 Å². The highest BCUT2D eigenvalue weighted by Gasteiger charge is 2.21. The minimum absolute atomic E-state index is 0.359. The number of carbonyl (C=O) groups is 2. The van der Waals surface area contributed by atoms with Crippen molar-refractivity contribution < 1.29 is 19.1 Å². The Balaban J connectivity index is 2.17. The van der Waals surface area contributed by atoms with E-state index in [1.807, 2.05) is 14.1 Å². The molecule has 2 rings (SSSR count). The first kappa shape index (κ1) is 11.2. The first-order chi connectivity index (χ1) is 8.04. The molecule has 0 spiro atoms. The van der Waals surface area contributed by atoms with E-state index >= 15 is 0 Å². The number of allylic oxidation sites excluding steroid dienone is 2. The van der Waals surface area contributed by atoms with Crippen molar-refractivity contribution in [2.45, 2.75) is 0 Å². The summed E-state index contributed by atoms with van der Waals surface area (Å²) >= 11 is 0. The first-order valence-electron chi connectivity index (χ1n) is 4.98. The van der Waals surface area contributed by atoms with Gasteiger partial charge in [0, 0.05) is 32.4 Å². The standard InChI is InChI=1S/C12H11NO4/c1-13(2)7-8-5-10(17-12(8)15)6-9-3-4-11(14)16-9/h3-7H,1-2H3. The van der Waals surface area contributed by atoms with Crippen molar-refractivity contribution in [1.29, 1.82) is 0 Å². The molecule has 5 heteroatoms. The van der Waals surface area contributed by atoms with Crippen LogP contribution in [0, 0.1) is 0 Å². The van der Waals surface area contributed by atoms with Crippen molar-refractivity contribution in [2.24, 2.45) is 0 Å². The summed E-state index contributed by atoms with van der Waals surface area (Å²) in [6.07, 6.45) is 7.57. The van der Waals surface area contributed by atoms with Crippen LogP contribution >= 0.6 is 0 Å². The number of hydrogen-bond acceptors (Lipinski definition) is 5. The molecule has 0 aromatic heterocycles. The number of hydrogen-bond donors (Lipinski definition) is 0. The molecule has 0 bridgehead atoms. The molecule has 0 aliphatic carbocycles. The number of ether oxygens (including phenoxy) is 2. The van der Waals surface area contributed by atoms with Gasteiger partial charge >= 0.3 is 11.9 Å². The molecular formula is C12H11NO4. The van der Waals surface area contributed by atoms with Crippen molar-refractivity contribution in [1.82, 2.24) is 4.90 Å². The molecule has 88 valence electrons. The van der Waals surface area contributed by atoms with Gasteiger partial charge in [0.1, 0.15) is 11.5 Å². The average Bonchev–Trinajstić information content (AvgIpc) is 2.74. The summed E-state index contributed by atoms with van der Waals surface area (Å²) in [5, 5.41) is 0. The van der Waals surface area contributed by atoms with Crippen LogP contribution in [0.25, 0.3) is 0 Å². The summed E-state index contributed by atoms with van der Waals surface area (Å²) in [4.78, 5) is 24.0. The second-order valence-electron chi connectivity index (χ2n) is 3.79. The van der Waals surface area contributed by atoms with Gasteiger partial charge in [0.05, 0.1) is 5.57 Å². The Morgan fingerprint density at radius 3 is 2.53 bits per heavy atom. The Morgan fingerprint density at radius 2 is 1.94 bits per heavy atom. The van der Waals surface area contributed by atoms with Crippen LogP contribution < -0.4 is 0 Å². The Morgan fingerprint density at radius 1 is 1.18 bits per heavy atom. The van der Waals surface area contributed by atoms with E-state index in [-0.39, 0.29) is 0 Å². The van der Waals surface area contributed by atoms with E-state index in [9.17, 15) is 9.59 Å². The topological polar surface area (TPSA) is 55.8 Å². The van der Waals surface area contributed by atoms with Crippen LogP contribution in [0.2, 0.25) is 0 Å². The van der Waals surface area contributed by atoms with Gasteiger partial charge < -0.3 is 14.4 Å². The van der Waals surface area contributed by atoms with Crippen LogP contribution in [0.5, 0.6) is 0 Å². The number of rotatable bonds is 2. The van der Waals surface area contributed by atoms with Gasteiger partial charge in [0.15, 0.2) is 0 Å². The number of carbonyl (C=O) groups excluding carboxylic acids is 2. The van der Waals surface area contributed by atoms with Crippen molar-refractivity contribution in [3.8, 4) is 0 Å². The third-order valence-electron chi connectivity index (χ3n) is 2.03. The molecule has 0 atom stereocenters. The fourth-order valence-electron chi connectivity index (χ4n) is 1.40. The Labute approximate surface area is 98.3 Å². The van der Waals surface area contributed by atoms with Crippen LogP contribution in [0.1, 0.15) is 0 Å². The van der Waals surface area contributed by atoms with Gasteiger partial charge in [-0.15, -0.1) is 0 Å². The predicted molar refractivity (Wildman–Crippen MR) is 59.3 cm³/mol. The first-order valence-corrected chi connectivity index (χ1v) is 4.98. The van der Waals surface area contributed by atoms with Crippen molar-refractivity contribution >= 4 is 11.9 Å². The molecule has 0 saturated carbocycles. The highest BCUT2D eigenvalue weighted by molar-refractivity contribution is 5.95. The summed E-state index contributed by atoms with van der Waals surface area (Å²) in [6.45, 7) is 0. The molecule has 0 radical (unpaired) electrons. The molecule has 0 unspecified atom stereocenters. The maximum Gasteiger partial charge on any atom is 0.345 e. The molecule has 0 saturated heterocycles. The van der Waals surface area contributed by atoms with E-state index in [2.05, 4.69) is 0 Å². The summed E-state index contributed by atoms with van der Waals surface area (Å²) < 4.78 is 9.82. The summed E-state index contributed by atoms with van der Waals surface area (Å²) in [5.41, 5.74) is 0.454. The summed E-state index contributed by atoms with van der Waals surface area (Å²) in [5.74, 6) is -0.123. The zero-order valence-electron chi connectivity index (χ0n) is 9.47. The van der Waals surface area contributed by atoms with Crippen LogP contribution in [0.15, 0.2) is 47.6 Å². The molecule has 0 fully saturated rings. The lowest BCUT2D eigenvalue weighted by molar-refractivity contribution is -0.133. The molecule has 2 heterocycles. The second-order valence-corrected chi connectivity index (χ2v) is 3.79. The van der Waals surface area contributed by atoms with E-state index in [4.69, 9.17) is 9.47 Å². The molecule has 5 nitrogen and oxygen atoms in total. The van der Waals surface area contributed by atoms with Crippen LogP contribution in [-0.2, 0) is 19.1 Å². The lowest BCUT2D eigenvalue weighted by atomic mass is 10.2. The lowest BCUT2D eigenvalue weighted by Crippen LogP contribution is -2.06. The maximum atomic E-state index is 11.4. The minimum Gasteiger partial charge on any atom is -0.423 e. The zero-order valence-corrected chi connectivity index (χ0v) is 9.47. The summed E-state index contributed by atoms with van der Waals surface area (Å²) in [7, 11) is 3.62.